The molecule has 334 valence electrons. The maximum Gasteiger partial charge on any atom is 0.0702 e. The van der Waals surface area contributed by atoms with Crippen molar-refractivity contribution < 1.29 is 0 Å². The van der Waals surface area contributed by atoms with Crippen molar-refractivity contribution in [3.63, 3.8) is 0 Å². The molecule has 9 aromatic carbocycles. The molecule has 0 saturated heterocycles. The molecule has 4 nitrogen and oxygen atoms in total. The maximum absolute atomic E-state index is 5.11. The summed E-state index contributed by atoms with van der Waals surface area (Å²) in [5.41, 5.74) is 23.2. The second kappa shape index (κ2) is 19.2. The smallest absolute Gasteiger partial charge is 0.0702 e. The molecule has 3 aromatic heterocycles. The van der Waals surface area contributed by atoms with Crippen LogP contribution in [0, 0.1) is 0 Å². The average molecular weight is 907 g/mol. The number of hydrogen-bond donors (Lipinski definition) is 0. The molecule has 0 aliphatic rings. The molecule has 0 saturated carbocycles. The van der Waals surface area contributed by atoms with Crippen LogP contribution < -0.4 is 0 Å². The molecule has 0 fully saturated rings. The van der Waals surface area contributed by atoms with E-state index >= 15 is 0 Å². The monoisotopic (exact) mass is 906 g/mol. The van der Waals surface area contributed by atoms with Gasteiger partial charge in [0.1, 0.15) is 0 Å². The highest BCUT2D eigenvalue weighted by atomic mass is 15.3. The SMILES string of the molecule is c1ccc(-c2ccc(-c3cccc(-c4ccc(-c5ccccc5-c5cc(-c6ccccc6-c6ccc(-n7cccn7)cc6)cc(-c6ccccc6-c6ccc(-c7ccccc7)nc6)c5)cn4)c3)cc2)cc1. The van der Waals surface area contributed by atoms with Crippen LogP contribution in [0.25, 0.3) is 117 Å². The Morgan fingerprint density at radius 1 is 0.239 bits per heavy atom. The van der Waals surface area contributed by atoms with Crippen molar-refractivity contribution in [1.82, 2.24) is 19.7 Å². The summed E-state index contributed by atoms with van der Waals surface area (Å²) in [7, 11) is 0. The van der Waals surface area contributed by atoms with E-state index < -0.39 is 0 Å². The average Bonchev–Trinajstić information content (AvgIpc) is 4.01. The molecular formula is C67H46N4. The Morgan fingerprint density at radius 3 is 1.08 bits per heavy atom. The van der Waals surface area contributed by atoms with E-state index in [2.05, 4.69) is 248 Å². The van der Waals surface area contributed by atoms with Gasteiger partial charge in [-0.1, -0.05) is 200 Å². The molecule has 0 atom stereocenters. The van der Waals surface area contributed by atoms with Gasteiger partial charge in [-0.15, -0.1) is 0 Å². The first-order valence-electron chi connectivity index (χ1n) is 24.0. The van der Waals surface area contributed by atoms with Crippen LogP contribution in [0.3, 0.4) is 0 Å². The van der Waals surface area contributed by atoms with E-state index in [0.717, 1.165) is 101 Å². The minimum absolute atomic E-state index is 0.926. The first-order chi connectivity index (χ1) is 35.2. The van der Waals surface area contributed by atoms with E-state index in [1.54, 1.807) is 6.20 Å². The van der Waals surface area contributed by atoms with E-state index in [4.69, 9.17) is 9.97 Å². The summed E-state index contributed by atoms with van der Waals surface area (Å²) >= 11 is 0. The number of aromatic nitrogens is 4. The van der Waals surface area contributed by atoms with Crippen LogP contribution in [0.4, 0.5) is 0 Å². The Morgan fingerprint density at radius 2 is 0.606 bits per heavy atom. The fourth-order valence-electron chi connectivity index (χ4n) is 9.67. The number of hydrogen-bond acceptors (Lipinski definition) is 3. The molecule has 0 aliphatic heterocycles. The van der Waals surface area contributed by atoms with Gasteiger partial charge in [-0.3, -0.25) is 9.97 Å². The van der Waals surface area contributed by atoms with Crippen molar-refractivity contribution >= 4 is 0 Å². The minimum atomic E-state index is 0.926. The quantitative estimate of drug-likeness (QED) is 0.130. The van der Waals surface area contributed by atoms with Crippen molar-refractivity contribution in [3.05, 3.63) is 280 Å². The van der Waals surface area contributed by atoms with Crippen LogP contribution in [-0.4, -0.2) is 19.7 Å². The molecule has 0 unspecified atom stereocenters. The summed E-state index contributed by atoms with van der Waals surface area (Å²) in [4.78, 5) is 10.1. The Bertz CT molecular complexity index is 3750. The van der Waals surface area contributed by atoms with E-state index in [0.29, 0.717) is 0 Å². The van der Waals surface area contributed by atoms with Crippen molar-refractivity contribution in [2.45, 2.75) is 0 Å². The number of nitrogens with zero attached hydrogens (tertiary/aromatic N) is 4. The molecular weight excluding hydrogens is 861 g/mol. The molecule has 0 bridgehead atoms. The summed E-state index contributed by atoms with van der Waals surface area (Å²) in [6, 6.07) is 90.7. The highest BCUT2D eigenvalue weighted by Gasteiger charge is 2.17. The third-order valence-corrected chi connectivity index (χ3v) is 13.3. The van der Waals surface area contributed by atoms with Crippen LogP contribution in [-0.2, 0) is 0 Å². The standard InChI is InChI=1S/C67H46N4/c1-3-15-47(16-4-1)48-27-29-49(30-28-48)52-19-13-20-53(41-52)67-38-34-55(46-69-67)62-23-9-12-26-65(62)58-43-56(63-24-10-7-21-60(63)50-31-35-59(36-32-50)71-40-14-39-70-71)42-57(44-58)64-25-11-8-22-61(64)54-33-37-66(68-45-54)51-17-5-2-6-18-51/h1-46H. The van der Waals surface area contributed by atoms with Crippen molar-refractivity contribution in [1.29, 1.82) is 0 Å². The van der Waals surface area contributed by atoms with Gasteiger partial charge in [-0.05, 0) is 132 Å². The third kappa shape index (κ3) is 8.90. The van der Waals surface area contributed by atoms with Crippen LogP contribution >= 0.6 is 0 Å². The number of benzene rings is 9. The topological polar surface area (TPSA) is 43.6 Å². The lowest BCUT2D eigenvalue weighted by Crippen LogP contribution is -1.94. The summed E-state index contributed by atoms with van der Waals surface area (Å²) in [5.74, 6) is 0. The van der Waals surface area contributed by atoms with Gasteiger partial charge in [0.25, 0.3) is 0 Å². The third-order valence-electron chi connectivity index (χ3n) is 13.3. The summed E-state index contributed by atoms with van der Waals surface area (Å²) in [6.07, 6.45) is 7.79. The molecule has 71 heavy (non-hydrogen) atoms. The fourth-order valence-corrected chi connectivity index (χ4v) is 9.67. The lowest BCUT2D eigenvalue weighted by atomic mass is 9.86. The Hall–Kier alpha value is -9.51. The summed E-state index contributed by atoms with van der Waals surface area (Å²) < 4.78 is 1.89. The lowest BCUT2D eigenvalue weighted by molar-refractivity contribution is 0.881. The minimum Gasteiger partial charge on any atom is -0.256 e. The van der Waals surface area contributed by atoms with Crippen molar-refractivity contribution in [3.8, 4) is 117 Å². The van der Waals surface area contributed by atoms with E-state index in [-0.39, 0.29) is 0 Å². The van der Waals surface area contributed by atoms with Gasteiger partial charge in [0, 0.05) is 47.0 Å². The first kappa shape index (κ1) is 42.8. The van der Waals surface area contributed by atoms with Gasteiger partial charge in [0.2, 0.25) is 0 Å². The van der Waals surface area contributed by atoms with Crippen LogP contribution in [0.1, 0.15) is 0 Å². The second-order valence-corrected chi connectivity index (χ2v) is 17.7. The first-order valence-corrected chi connectivity index (χ1v) is 24.0. The number of pyridine rings is 2. The molecule has 0 amide bonds. The molecule has 12 rings (SSSR count). The molecule has 0 spiro atoms. The number of rotatable bonds is 11. The fraction of sp³-hybridized carbons (Fsp3) is 0. The second-order valence-electron chi connectivity index (χ2n) is 17.7. The zero-order chi connectivity index (χ0) is 47.3. The van der Waals surface area contributed by atoms with Crippen LogP contribution in [0.15, 0.2) is 280 Å². The van der Waals surface area contributed by atoms with E-state index in [1.165, 1.54) is 16.7 Å². The predicted octanol–water partition coefficient (Wildman–Crippen LogP) is 17.3. The van der Waals surface area contributed by atoms with Gasteiger partial charge in [-0.2, -0.15) is 5.10 Å². The van der Waals surface area contributed by atoms with Gasteiger partial charge < -0.3 is 0 Å². The molecule has 3 heterocycles. The van der Waals surface area contributed by atoms with Crippen molar-refractivity contribution in [2.75, 3.05) is 0 Å². The summed E-state index contributed by atoms with van der Waals surface area (Å²) in [6.45, 7) is 0. The lowest BCUT2D eigenvalue weighted by Gasteiger charge is -2.18. The molecule has 0 N–H and O–H groups in total. The zero-order valence-corrected chi connectivity index (χ0v) is 38.8. The predicted molar refractivity (Wildman–Crippen MR) is 294 cm³/mol. The molecule has 0 radical (unpaired) electrons. The van der Waals surface area contributed by atoms with Crippen LogP contribution in [0.5, 0.6) is 0 Å². The van der Waals surface area contributed by atoms with E-state index in [9.17, 15) is 0 Å². The van der Waals surface area contributed by atoms with Gasteiger partial charge >= 0.3 is 0 Å². The highest BCUT2D eigenvalue weighted by molar-refractivity contribution is 5.94. The zero-order valence-electron chi connectivity index (χ0n) is 38.8. The normalized spacial score (nSPS) is 11.1. The van der Waals surface area contributed by atoms with Crippen LogP contribution in [0.2, 0.25) is 0 Å². The van der Waals surface area contributed by atoms with Gasteiger partial charge in [0.05, 0.1) is 17.1 Å². The Balaban J connectivity index is 0.933. The van der Waals surface area contributed by atoms with E-state index in [1.807, 2.05) is 35.4 Å². The Kier molecular flexibility index (Phi) is 11.6. The van der Waals surface area contributed by atoms with Crippen molar-refractivity contribution in [2.24, 2.45) is 0 Å². The maximum atomic E-state index is 5.11. The molecule has 12 aromatic rings. The molecule has 4 heteroatoms. The highest BCUT2D eigenvalue weighted by Crippen LogP contribution is 2.42. The molecule has 0 aliphatic carbocycles. The Labute approximate surface area is 414 Å². The summed E-state index contributed by atoms with van der Waals surface area (Å²) in [5, 5.41) is 4.46. The van der Waals surface area contributed by atoms with Gasteiger partial charge in [0.15, 0.2) is 0 Å². The van der Waals surface area contributed by atoms with Gasteiger partial charge in [-0.25, -0.2) is 4.68 Å². The largest absolute Gasteiger partial charge is 0.256 e.